The fourth-order valence-corrected chi connectivity index (χ4v) is 3.20. The van der Waals surface area contributed by atoms with Crippen LogP contribution < -0.4 is 11.1 Å². The summed E-state index contributed by atoms with van der Waals surface area (Å²) in [5, 5.41) is 10.4. The number of nitrogens with one attached hydrogen (secondary N) is 1. The van der Waals surface area contributed by atoms with E-state index in [-0.39, 0.29) is 17.7 Å². The van der Waals surface area contributed by atoms with Gasteiger partial charge >= 0.3 is 0 Å². The molecule has 0 radical (unpaired) electrons. The lowest BCUT2D eigenvalue weighted by atomic mass is 10.1. The van der Waals surface area contributed by atoms with Crippen LogP contribution in [-0.2, 0) is 0 Å². The van der Waals surface area contributed by atoms with Crippen molar-refractivity contribution in [2.75, 3.05) is 6.61 Å². The molecule has 146 valence electrons. The van der Waals surface area contributed by atoms with Crippen molar-refractivity contribution >= 4 is 22.5 Å². The van der Waals surface area contributed by atoms with Crippen molar-refractivity contribution in [1.82, 2.24) is 19.5 Å². The first kappa shape index (κ1) is 19.0. The molecule has 0 amide bonds. The predicted molar refractivity (Wildman–Crippen MR) is 112 cm³/mol. The molecule has 3 heterocycles. The lowest BCUT2D eigenvalue weighted by Gasteiger charge is -2.14. The van der Waals surface area contributed by atoms with E-state index in [1.54, 1.807) is 37.4 Å². The maximum atomic E-state index is 13.1. The Morgan fingerprint density at radius 2 is 1.86 bits per heavy atom. The zero-order chi connectivity index (χ0) is 20.5. The van der Waals surface area contributed by atoms with Gasteiger partial charge in [-0.1, -0.05) is 23.7 Å². The summed E-state index contributed by atoms with van der Waals surface area (Å²) in [6.07, 6.45) is 2.95. The van der Waals surface area contributed by atoms with Crippen molar-refractivity contribution in [1.29, 1.82) is 0 Å². The van der Waals surface area contributed by atoms with Crippen LogP contribution in [0.2, 0.25) is 5.02 Å². The summed E-state index contributed by atoms with van der Waals surface area (Å²) >= 11 is 5.99. The molecule has 29 heavy (non-hydrogen) atoms. The first-order chi connectivity index (χ1) is 14.0. The maximum Gasteiger partial charge on any atom is 0.261 e. The topological polar surface area (TPSA) is 101 Å². The van der Waals surface area contributed by atoms with E-state index in [0.29, 0.717) is 32.9 Å². The molecule has 0 aliphatic rings. The molecule has 0 saturated carbocycles. The van der Waals surface area contributed by atoms with Gasteiger partial charge in [-0.25, -0.2) is 9.97 Å². The number of aromatic nitrogens is 4. The van der Waals surface area contributed by atoms with Crippen molar-refractivity contribution in [3.63, 3.8) is 0 Å². The number of pyridine rings is 2. The fourth-order valence-electron chi connectivity index (χ4n) is 3.07. The number of nitrogens with zero attached hydrogens (tertiary/aromatic N) is 3. The van der Waals surface area contributed by atoms with Crippen LogP contribution in [0.15, 0.2) is 64.6 Å². The molecule has 4 rings (SSSR count). The molecule has 0 aliphatic carbocycles. The number of halogens is 1. The van der Waals surface area contributed by atoms with Gasteiger partial charge in [0.1, 0.15) is 5.52 Å². The van der Waals surface area contributed by atoms with E-state index in [1.165, 1.54) is 17.0 Å². The van der Waals surface area contributed by atoms with Gasteiger partial charge in [0.15, 0.2) is 0 Å². The van der Waals surface area contributed by atoms with Crippen LogP contribution in [0.3, 0.4) is 0 Å². The first-order valence-corrected chi connectivity index (χ1v) is 9.33. The van der Waals surface area contributed by atoms with E-state index in [9.17, 15) is 14.7 Å². The van der Waals surface area contributed by atoms with Crippen molar-refractivity contribution in [2.24, 2.45) is 0 Å². The van der Waals surface area contributed by atoms with Crippen LogP contribution in [0.25, 0.3) is 33.4 Å². The molecule has 0 spiro atoms. The van der Waals surface area contributed by atoms with Gasteiger partial charge in [-0.2, -0.15) is 0 Å². The number of benzene rings is 1. The molecule has 0 bridgehead atoms. The molecule has 3 aromatic heterocycles. The van der Waals surface area contributed by atoms with Gasteiger partial charge in [0.25, 0.3) is 5.56 Å². The number of H-pyrrole nitrogens is 1. The number of hydrogen-bond donors (Lipinski definition) is 2. The largest absolute Gasteiger partial charge is 0.394 e. The van der Waals surface area contributed by atoms with Gasteiger partial charge in [0.2, 0.25) is 5.56 Å². The van der Waals surface area contributed by atoms with Gasteiger partial charge in [-0.15, -0.1) is 0 Å². The fraction of sp³-hybridized carbons (Fsp3) is 0.143. The molecule has 1 atom stereocenters. The van der Waals surface area contributed by atoms with E-state index < -0.39 is 6.04 Å². The molecule has 7 nitrogen and oxygen atoms in total. The average molecular weight is 409 g/mol. The zero-order valence-corrected chi connectivity index (χ0v) is 16.2. The van der Waals surface area contributed by atoms with Crippen LogP contribution in [0.1, 0.15) is 13.0 Å². The third-order valence-corrected chi connectivity index (χ3v) is 4.96. The second kappa shape index (κ2) is 7.62. The van der Waals surface area contributed by atoms with E-state index in [1.807, 2.05) is 12.1 Å². The van der Waals surface area contributed by atoms with Crippen LogP contribution in [0, 0.1) is 0 Å². The van der Waals surface area contributed by atoms with Crippen LogP contribution >= 0.6 is 11.6 Å². The van der Waals surface area contributed by atoms with Gasteiger partial charge in [0, 0.05) is 28.4 Å². The highest BCUT2D eigenvalue weighted by Crippen LogP contribution is 2.28. The van der Waals surface area contributed by atoms with Crippen molar-refractivity contribution in [3.05, 3.63) is 80.7 Å². The lowest BCUT2D eigenvalue weighted by molar-refractivity contribution is 0.236. The maximum absolute atomic E-state index is 13.1. The predicted octanol–water partition coefficient (Wildman–Crippen LogP) is 3.02. The summed E-state index contributed by atoms with van der Waals surface area (Å²) in [7, 11) is 0. The summed E-state index contributed by atoms with van der Waals surface area (Å²) in [5.74, 6) is 0. The summed E-state index contributed by atoms with van der Waals surface area (Å²) in [5.41, 5.74) is 2.37. The van der Waals surface area contributed by atoms with Crippen LogP contribution in [0.5, 0.6) is 0 Å². The Balaban J connectivity index is 2.05. The molecule has 4 aromatic rings. The molecule has 2 N–H and O–H groups in total. The lowest BCUT2D eigenvalue weighted by Crippen LogP contribution is -2.26. The minimum absolute atomic E-state index is 0.186. The SMILES string of the molecule is CC(CO)n1cnc2c(-c3ccc(=O)[nH]c3)nc(-c3ccc(Cl)cc3)cc2c1=O. The van der Waals surface area contributed by atoms with E-state index in [2.05, 4.69) is 9.97 Å². The Kier molecular flexibility index (Phi) is 5.00. The van der Waals surface area contributed by atoms with Crippen molar-refractivity contribution < 1.29 is 5.11 Å². The van der Waals surface area contributed by atoms with Gasteiger partial charge < -0.3 is 10.1 Å². The Bertz CT molecular complexity index is 1290. The number of fused-ring (bicyclic) bond motifs is 1. The highest BCUT2D eigenvalue weighted by Gasteiger charge is 2.16. The second-order valence-corrected chi connectivity index (χ2v) is 7.13. The monoisotopic (exact) mass is 408 g/mol. The van der Waals surface area contributed by atoms with Crippen LogP contribution in [-0.4, -0.2) is 31.2 Å². The van der Waals surface area contributed by atoms with E-state index >= 15 is 0 Å². The third-order valence-electron chi connectivity index (χ3n) is 4.71. The Morgan fingerprint density at radius 1 is 1.14 bits per heavy atom. The zero-order valence-electron chi connectivity index (χ0n) is 15.5. The van der Waals surface area contributed by atoms with Gasteiger partial charge in [0.05, 0.1) is 35.8 Å². The number of aromatic amines is 1. The Hall–Kier alpha value is -3.29. The molecule has 1 unspecified atom stereocenters. The average Bonchev–Trinajstić information content (AvgIpc) is 2.74. The number of hydrogen-bond acceptors (Lipinski definition) is 5. The summed E-state index contributed by atoms with van der Waals surface area (Å²) in [4.78, 5) is 36.3. The number of aliphatic hydroxyl groups is 1. The first-order valence-electron chi connectivity index (χ1n) is 8.95. The van der Waals surface area contributed by atoms with Crippen molar-refractivity contribution in [3.8, 4) is 22.5 Å². The molecule has 0 fully saturated rings. The standard InChI is InChI=1S/C21H17ClN4O3/c1-12(10-27)26-11-24-20-16(21(26)29)8-17(13-2-5-15(22)6-3-13)25-19(20)14-4-7-18(28)23-9-14/h2-9,11-12,27H,10H2,1H3,(H,23,28). The van der Waals surface area contributed by atoms with Crippen LogP contribution in [0.4, 0.5) is 0 Å². The Labute approximate surface area is 170 Å². The Morgan fingerprint density at radius 3 is 2.52 bits per heavy atom. The highest BCUT2D eigenvalue weighted by molar-refractivity contribution is 6.30. The van der Waals surface area contributed by atoms with E-state index in [4.69, 9.17) is 16.6 Å². The van der Waals surface area contributed by atoms with Gasteiger partial charge in [-0.3, -0.25) is 14.2 Å². The van der Waals surface area contributed by atoms with E-state index in [0.717, 1.165) is 5.56 Å². The molecule has 1 aromatic carbocycles. The molecule has 0 aliphatic heterocycles. The third kappa shape index (κ3) is 3.57. The molecular weight excluding hydrogens is 392 g/mol. The molecule has 0 saturated heterocycles. The quantitative estimate of drug-likeness (QED) is 0.540. The summed E-state index contributed by atoms with van der Waals surface area (Å²) < 4.78 is 1.39. The minimum atomic E-state index is -0.414. The highest BCUT2D eigenvalue weighted by atomic mass is 35.5. The summed E-state index contributed by atoms with van der Waals surface area (Å²) in [6, 6.07) is 11.4. The van der Waals surface area contributed by atoms with Crippen molar-refractivity contribution in [2.45, 2.75) is 13.0 Å². The second-order valence-electron chi connectivity index (χ2n) is 6.69. The van der Waals surface area contributed by atoms with Gasteiger partial charge in [-0.05, 0) is 31.2 Å². The molecule has 8 heteroatoms. The normalized spacial score (nSPS) is 12.2. The number of aliphatic hydroxyl groups excluding tert-OH is 1. The molecular formula is C21H17ClN4O3. The summed E-state index contributed by atoms with van der Waals surface area (Å²) in [6.45, 7) is 1.55. The number of rotatable bonds is 4. The minimum Gasteiger partial charge on any atom is -0.394 e. The smallest absolute Gasteiger partial charge is 0.261 e.